The molecule has 0 aliphatic heterocycles. The van der Waals surface area contributed by atoms with Crippen LogP contribution in [0.3, 0.4) is 0 Å². The van der Waals surface area contributed by atoms with Crippen LogP contribution in [0.25, 0.3) is 0 Å². The van der Waals surface area contributed by atoms with Gasteiger partial charge in [0.1, 0.15) is 12.3 Å². The number of hydrogen-bond acceptors (Lipinski definition) is 7. The molecule has 1 N–H and O–H groups in total. The highest BCUT2D eigenvalue weighted by atomic mass is 32.1. The average Bonchev–Trinajstić information content (AvgIpc) is 2.76. The van der Waals surface area contributed by atoms with Crippen LogP contribution in [0.1, 0.15) is 35.7 Å². The fourth-order valence-electron chi connectivity index (χ4n) is 2.50. The first kappa shape index (κ1) is 22.9. The number of thiocarbonyl (C=S) groups is 1. The maximum Gasteiger partial charge on any atom is 0.325 e. The Morgan fingerprint density at radius 1 is 1.03 bits per heavy atom. The molecule has 0 atom stereocenters. The molecule has 1 amide bonds. The maximum absolute atomic E-state index is 12.5. The van der Waals surface area contributed by atoms with E-state index in [1.807, 2.05) is 0 Å². The van der Waals surface area contributed by atoms with Crippen molar-refractivity contribution >= 4 is 40.7 Å². The largest absolute Gasteiger partial charge is 0.494 e. The number of carbonyl (C=O) groups excluding carboxylic acids is 3. The van der Waals surface area contributed by atoms with Gasteiger partial charge in [-0.1, -0.05) is 0 Å². The number of hydrogen-bond donors (Lipinski definition) is 1. The molecular weight excluding hydrogens is 404 g/mol. The Bertz CT molecular complexity index is 920. The molecule has 2 rings (SSSR count). The summed E-state index contributed by atoms with van der Waals surface area (Å²) in [6.07, 6.45) is 0.727. The Kier molecular flexibility index (Phi) is 9.37. The van der Waals surface area contributed by atoms with E-state index in [9.17, 15) is 14.4 Å². The number of aliphatic imine (C=N–C) groups is 1. The lowest BCUT2D eigenvalue weighted by Gasteiger charge is -2.08. The molecular formula is C22H22N2O5S. The number of isothiocyanates is 1. The monoisotopic (exact) mass is 426 g/mol. The minimum absolute atomic E-state index is 0.113. The zero-order valence-electron chi connectivity index (χ0n) is 16.6. The number of nitrogens with one attached hydrogen (secondary N) is 1. The summed E-state index contributed by atoms with van der Waals surface area (Å²) in [5.41, 5.74) is 1.72. The van der Waals surface area contributed by atoms with Crippen LogP contribution in [-0.4, -0.2) is 42.6 Å². The summed E-state index contributed by atoms with van der Waals surface area (Å²) in [7, 11) is 0. The minimum atomic E-state index is -0.462. The lowest BCUT2D eigenvalue weighted by molar-refractivity contribution is -0.143. The second-order valence-corrected chi connectivity index (χ2v) is 6.32. The first-order valence-electron chi connectivity index (χ1n) is 9.41. The zero-order valence-corrected chi connectivity index (χ0v) is 17.4. The molecule has 0 fully saturated rings. The van der Waals surface area contributed by atoms with Crippen molar-refractivity contribution in [3.8, 4) is 5.75 Å². The normalized spacial score (nSPS) is 9.90. The molecule has 2 aromatic rings. The lowest BCUT2D eigenvalue weighted by atomic mass is 10.0. The van der Waals surface area contributed by atoms with E-state index in [0.717, 1.165) is 0 Å². The summed E-state index contributed by atoms with van der Waals surface area (Å²) in [5.74, 6) is -0.215. The quantitative estimate of drug-likeness (QED) is 0.194. The third-order valence-electron chi connectivity index (χ3n) is 3.97. The predicted molar refractivity (Wildman–Crippen MR) is 115 cm³/mol. The van der Waals surface area contributed by atoms with Gasteiger partial charge in [-0.2, -0.15) is 4.99 Å². The Morgan fingerprint density at radius 2 is 1.67 bits per heavy atom. The maximum atomic E-state index is 12.5. The molecule has 0 aromatic heterocycles. The number of rotatable bonds is 11. The number of benzene rings is 2. The van der Waals surface area contributed by atoms with E-state index in [0.29, 0.717) is 35.6 Å². The molecule has 8 heteroatoms. The van der Waals surface area contributed by atoms with Gasteiger partial charge in [-0.25, -0.2) is 0 Å². The van der Waals surface area contributed by atoms with Crippen molar-refractivity contribution in [1.82, 2.24) is 5.32 Å². The van der Waals surface area contributed by atoms with Crippen LogP contribution in [0.5, 0.6) is 5.75 Å². The van der Waals surface area contributed by atoms with Gasteiger partial charge in [-0.3, -0.25) is 14.4 Å². The van der Waals surface area contributed by atoms with Crippen molar-refractivity contribution in [2.45, 2.75) is 19.8 Å². The summed E-state index contributed by atoms with van der Waals surface area (Å²) < 4.78 is 10.3. The van der Waals surface area contributed by atoms with E-state index < -0.39 is 5.97 Å². The van der Waals surface area contributed by atoms with Crippen molar-refractivity contribution in [3.05, 3.63) is 59.7 Å². The second kappa shape index (κ2) is 12.3. The van der Waals surface area contributed by atoms with Crippen LogP contribution >= 0.6 is 12.2 Å². The van der Waals surface area contributed by atoms with Crippen LogP contribution < -0.4 is 10.1 Å². The second-order valence-electron chi connectivity index (χ2n) is 6.14. The van der Waals surface area contributed by atoms with Crippen molar-refractivity contribution < 1.29 is 23.9 Å². The Hall–Kier alpha value is -3.35. The highest BCUT2D eigenvalue weighted by molar-refractivity contribution is 7.78. The number of ketones is 1. The molecule has 0 heterocycles. The van der Waals surface area contributed by atoms with E-state index in [1.54, 1.807) is 55.5 Å². The lowest BCUT2D eigenvalue weighted by Crippen LogP contribution is -2.30. The molecule has 0 spiro atoms. The molecule has 156 valence electrons. The summed E-state index contributed by atoms with van der Waals surface area (Å²) in [6.45, 7) is 2.19. The first-order valence-corrected chi connectivity index (χ1v) is 9.82. The van der Waals surface area contributed by atoms with Crippen molar-refractivity contribution in [2.24, 2.45) is 4.99 Å². The van der Waals surface area contributed by atoms with Crippen molar-refractivity contribution in [3.63, 3.8) is 0 Å². The third kappa shape index (κ3) is 7.58. The van der Waals surface area contributed by atoms with Gasteiger partial charge in [-0.15, -0.1) is 0 Å². The average molecular weight is 426 g/mol. The van der Waals surface area contributed by atoms with Gasteiger partial charge in [0.2, 0.25) is 5.91 Å². The molecule has 0 aliphatic rings. The smallest absolute Gasteiger partial charge is 0.325 e. The summed E-state index contributed by atoms with van der Waals surface area (Å²) in [4.78, 5) is 39.2. The number of nitrogens with zero attached hydrogens (tertiary/aromatic N) is 1. The van der Waals surface area contributed by atoms with E-state index in [1.165, 1.54) is 0 Å². The summed E-state index contributed by atoms with van der Waals surface area (Å²) in [5, 5.41) is 4.77. The molecule has 0 aliphatic carbocycles. The van der Waals surface area contributed by atoms with E-state index >= 15 is 0 Å². The zero-order chi connectivity index (χ0) is 21.8. The van der Waals surface area contributed by atoms with Crippen LogP contribution in [0.2, 0.25) is 0 Å². The summed E-state index contributed by atoms with van der Waals surface area (Å²) >= 11 is 4.56. The molecule has 0 radical (unpaired) electrons. The van der Waals surface area contributed by atoms with Gasteiger partial charge in [0.15, 0.2) is 5.78 Å². The van der Waals surface area contributed by atoms with E-state index in [4.69, 9.17) is 9.47 Å². The van der Waals surface area contributed by atoms with Gasteiger partial charge in [0, 0.05) is 17.5 Å². The number of carbonyl (C=O) groups is 3. The van der Waals surface area contributed by atoms with Gasteiger partial charge < -0.3 is 14.8 Å². The fraction of sp³-hybridized carbons (Fsp3) is 0.273. The van der Waals surface area contributed by atoms with Crippen molar-refractivity contribution in [2.75, 3.05) is 19.8 Å². The number of ether oxygens (including phenoxy) is 2. The predicted octanol–water partition coefficient (Wildman–Crippen LogP) is 3.49. The first-order chi connectivity index (χ1) is 14.5. The number of esters is 1. The Morgan fingerprint density at radius 3 is 2.27 bits per heavy atom. The molecule has 30 heavy (non-hydrogen) atoms. The molecule has 0 saturated carbocycles. The fourth-order valence-corrected chi connectivity index (χ4v) is 2.61. The van der Waals surface area contributed by atoms with Gasteiger partial charge in [0.05, 0.1) is 24.1 Å². The SMILES string of the molecule is CCOC(=O)CNC(=O)CCCOc1ccc(C(=O)c2ccc(N=C=S)cc2)cc1. The third-order valence-corrected chi connectivity index (χ3v) is 4.06. The highest BCUT2D eigenvalue weighted by Crippen LogP contribution is 2.18. The van der Waals surface area contributed by atoms with Gasteiger partial charge in [-0.05, 0) is 74.1 Å². The molecule has 0 bridgehead atoms. The van der Waals surface area contributed by atoms with E-state index in [-0.39, 0.29) is 31.3 Å². The van der Waals surface area contributed by atoms with Gasteiger partial charge >= 0.3 is 5.97 Å². The van der Waals surface area contributed by atoms with Gasteiger partial charge in [0.25, 0.3) is 0 Å². The van der Waals surface area contributed by atoms with Crippen LogP contribution in [0, 0.1) is 0 Å². The van der Waals surface area contributed by atoms with Crippen LogP contribution in [0.4, 0.5) is 5.69 Å². The topological polar surface area (TPSA) is 94.1 Å². The Balaban J connectivity index is 1.76. The highest BCUT2D eigenvalue weighted by Gasteiger charge is 2.09. The minimum Gasteiger partial charge on any atom is -0.494 e. The standard InChI is InChI=1S/C22H22N2O5S/c1-2-28-21(26)14-23-20(25)4-3-13-29-19-11-7-17(8-12-19)22(27)16-5-9-18(10-6-16)24-15-30/h5-12H,2-4,13-14H2,1H3,(H,23,25). The number of amides is 1. The van der Waals surface area contributed by atoms with Crippen LogP contribution in [-0.2, 0) is 14.3 Å². The molecule has 7 nitrogen and oxygen atoms in total. The summed E-state index contributed by atoms with van der Waals surface area (Å²) in [6, 6.07) is 13.6. The van der Waals surface area contributed by atoms with E-state index in [2.05, 4.69) is 27.7 Å². The molecule has 0 unspecified atom stereocenters. The van der Waals surface area contributed by atoms with Crippen LogP contribution in [0.15, 0.2) is 53.5 Å². The van der Waals surface area contributed by atoms with Crippen molar-refractivity contribution in [1.29, 1.82) is 0 Å². The molecule has 2 aromatic carbocycles. The molecule has 0 saturated heterocycles. The Labute approximate surface area is 180 Å².